The van der Waals surface area contributed by atoms with Gasteiger partial charge in [-0.3, -0.25) is 25.2 Å². The third-order valence-corrected chi connectivity index (χ3v) is 4.32. The molecule has 1 aliphatic rings. The van der Waals surface area contributed by atoms with Crippen LogP contribution in [-0.4, -0.2) is 33.4 Å². The monoisotopic (exact) mass is 376 g/mol. The van der Waals surface area contributed by atoms with Crippen molar-refractivity contribution in [2.75, 3.05) is 12.3 Å². The molecule has 128 valence electrons. The Kier molecular flexibility index (Phi) is 5.10. The minimum atomic E-state index is -0.550. The van der Waals surface area contributed by atoms with E-state index < -0.39 is 10.8 Å². The van der Waals surface area contributed by atoms with Gasteiger partial charge in [0.25, 0.3) is 11.6 Å². The molecule has 1 amide bonds. The molecule has 8 nitrogen and oxygen atoms in total. The molecule has 0 unspecified atom stereocenters. The van der Waals surface area contributed by atoms with Crippen LogP contribution in [-0.2, 0) is 0 Å². The Balaban J connectivity index is 1.72. The predicted octanol–water partition coefficient (Wildman–Crippen LogP) is 2.56. The van der Waals surface area contributed by atoms with Crippen LogP contribution in [0.1, 0.15) is 10.6 Å². The van der Waals surface area contributed by atoms with Crippen molar-refractivity contribution in [1.82, 2.24) is 10.6 Å². The van der Waals surface area contributed by atoms with E-state index >= 15 is 0 Å². The number of nitrogens with zero attached hydrogens (tertiary/aromatic N) is 2. The summed E-state index contributed by atoms with van der Waals surface area (Å²) >= 11 is 6.57. The minimum Gasteiger partial charge on any atom is -0.451 e. The number of nitro groups is 1. The second-order valence-electron chi connectivity index (χ2n) is 4.88. The molecule has 1 aromatic heterocycles. The molecule has 0 atom stereocenters. The summed E-state index contributed by atoms with van der Waals surface area (Å²) in [5.74, 6) is 0.548. The van der Waals surface area contributed by atoms with Crippen molar-refractivity contribution in [1.29, 1.82) is 0 Å². The number of carbonyl (C=O) groups excluding carboxylic acids is 1. The Labute approximate surface area is 151 Å². The number of benzene rings is 1. The number of rotatable bonds is 3. The molecule has 3 rings (SSSR count). The number of furan rings is 1. The average Bonchev–Trinajstić information content (AvgIpc) is 3.26. The van der Waals surface area contributed by atoms with Crippen LogP contribution in [0.5, 0.6) is 0 Å². The van der Waals surface area contributed by atoms with Crippen molar-refractivity contribution in [3.05, 3.63) is 52.3 Å². The van der Waals surface area contributed by atoms with Gasteiger partial charge in [0.15, 0.2) is 16.0 Å². The summed E-state index contributed by atoms with van der Waals surface area (Å²) in [5, 5.41) is 17.2. The van der Waals surface area contributed by atoms with Gasteiger partial charge in [-0.25, -0.2) is 0 Å². The van der Waals surface area contributed by atoms with Gasteiger partial charge in [0.2, 0.25) is 0 Å². The zero-order valence-corrected chi connectivity index (χ0v) is 14.4. The summed E-state index contributed by atoms with van der Waals surface area (Å²) in [6.45, 7) is 0.709. The molecule has 2 heterocycles. The highest BCUT2D eigenvalue weighted by molar-refractivity contribution is 8.14. The minimum absolute atomic E-state index is 0.00156. The van der Waals surface area contributed by atoms with E-state index in [9.17, 15) is 14.9 Å². The van der Waals surface area contributed by atoms with E-state index in [4.69, 9.17) is 16.6 Å². The molecule has 10 heteroatoms. The topological polar surface area (TPSA) is 110 Å². The van der Waals surface area contributed by atoms with E-state index in [0.717, 1.165) is 5.75 Å². The lowest BCUT2D eigenvalue weighted by Crippen LogP contribution is -2.40. The first-order valence-corrected chi connectivity index (χ1v) is 8.57. The van der Waals surface area contributed by atoms with E-state index in [0.29, 0.717) is 17.3 Å². The molecule has 0 fully saturated rings. The Morgan fingerprint density at radius 2 is 2.12 bits per heavy atom. The highest BCUT2D eigenvalue weighted by atomic mass is 32.2. The van der Waals surface area contributed by atoms with Crippen LogP contribution in [0.15, 0.2) is 45.8 Å². The summed E-state index contributed by atoms with van der Waals surface area (Å²) in [6, 6.07) is 9.09. The second kappa shape index (κ2) is 7.45. The molecule has 2 aromatic rings. The summed E-state index contributed by atoms with van der Waals surface area (Å²) in [5.41, 5.74) is 0.196. The van der Waals surface area contributed by atoms with Crippen molar-refractivity contribution >= 4 is 45.9 Å². The van der Waals surface area contributed by atoms with E-state index in [1.165, 1.54) is 30.0 Å². The fourth-order valence-corrected chi connectivity index (χ4v) is 3.14. The largest absolute Gasteiger partial charge is 0.451 e. The van der Waals surface area contributed by atoms with Crippen molar-refractivity contribution in [2.45, 2.75) is 0 Å². The fourth-order valence-electron chi connectivity index (χ4n) is 2.15. The van der Waals surface area contributed by atoms with Crippen LogP contribution in [0.4, 0.5) is 5.69 Å². The van der Waals surface area contributed by atoms with E-state index in [-0.39, 0.29) is 22.3 Å². The number of hydrogen-bond acceptors (Lipinski definition) is 7. The van der Waals surface area contributed by atoms with Gasteiger partial charge in [-0.15, -0.1) is 0 Å². The van der Waals surface area contributed by atoms with Crippen molar-refractivity contribution in [2.24, 2.45) is 4.99 Å². The van der Waals surface area contributed by atoms with Crippen molar-refractivity contribution in [3.63, 3.8) is 0 Å². The summed E-state index contributed by atoms with van der Waals surface area (Å²) in [4.78, 5) is 26.9. The molecule has 0 spiro atoms. The summed E-state index contributed by atoms with van der Waals surface area (Å²) < 4.78 is 5.45. The number of carbonyl (C=O) groups is 1. The number of aliphatic imine (C=N–C) groups is 1. The van der Waals surface area contributed by atoms with Crippen molar-refractivity contribution < 1.29 is 14.1 Å². The second-order valence-corrected chi connectivity index (χ2v) is 6.37. The van der Waals surface area contributed by atoms with Crippen LogP contribution < -0.4 is 10.6 Å². The third kappa shape index (κ3) is 4.03. The quantitative estimate of drug-likeness (QED) is 0.481. The Hall–Kier alpha value is -2.72. The average molecular weight is 376 g/mol. The smallest absolute Gasteiger partial charge is 0.293 e. The van der Waals surface area contributed by atoms with E-state index in [1.807, 2.05) is 0 Å². The number of nitrogens with one attached hydrogen (secondary N) is 2. The summed E-state index contributed by atoms with van der Waals surface area (Å²) in [7, 11) is 0. The summed E-state index contributed by atoms with van der Waals surface area (Å²) in [6.07, 6.45) is 0. The first-order chi connectivity index (χ1) is 12.0. The van der Waals surface area contributed by atoms with Gasteiger partial charge in [0.05, 0.1) is 17.0 Å². The van der Waals surface area contributed by atoms with Gasteiger partial charge < -0.3 is 9.73 Å². The highest BCUT2D eigenvalue weighted by Gasteiger charge is 2.20. The maximum absolute atomic E-state index is 12.2. The van der Waals surface area contributed by atoms with E-state index in [2.05, 4.69) is 15.6 Å². The van der Waals surface area contributed by atoms with Gasteiger partial charge in [-0.1, -0.05) is 23.9 Å². The maximum atomic E-state index is 12.2. The number of thiocarbonyl (C=S) groups is 1. The Bertz CT molecular complexity index is 878. The standard InChI is InChI=1S/C15H12N4O4S2/c20-13(17-14(24)18-15-16-7-8-25-15)12-6-5-11(23-12)9-3-1-2-4-10(9)19(21)22/h1-6H,7-8H2,(H2,16,17,18,20,24). The zero-order chi connectivity index (χ0) is 17.8. The highest BCUT2D eigenvalue weighted by Crippen LogP contribution is 2.30. The molecule has 0 bridgehead atoms. The van der Waals surface area contributed by atoms with Gasteiger partial charge in [-0.05, 0) is 30.4 Å². The van der Waals surface area contributed by atoms with Crippen molar-refractivity contribution in [3.8, 4) is 11.3 Å². The van der Waals surface area contributed by atoms with Gasteiger partial charge in [-0.2, -0.15) is 0 Å². The zero-order valence-electron chi connectivity index (χ0n) is 12.7. The van der Waals surface area contributed by atoms with Gasteiger partial charge in [0, 0.05) is 11.8 Å². The number of nitro benzene ring substituents is 1. The van der Waals surface area contributed by atoms with Gasteiger partial charge in [0.1, 0.15) is 5.76 Å². The molecular weight excluding hydrogens is 364 g/mol. The molecule has 1 aliphatic heterocycles. The number of para-hydroxylation sites is 1. The molecule has 0 aliphatic carbocycles. The number of amides is 1. The first-order valence-electron chi connectivity index (χ1n) is 7.18. The van der Waals surface area contributed by atoms with Gasteiger partial charge >= 0.3 is 0 Å². The molecule has 0 saturated carbocycles. The lowest BCUT2D eigenvalue weighted by Gasteiger charge is -2.07. The molecule has 1 aromatic carbocycles. The van der Waals surface area contributed by atoms with Crippen LogP contribution in [0.2, 0.25) is 0 Å². The molecule has 0 radical (unpaired) electrons. The number of thioether (sulfide) groups is 1. The number of hydrogen-bond donors (Lipinski definition) is 2. The SMILES string of the molecule is O=C(NC(=S)NC1=NCCS1)c1ccc(-c2ccccc2[N+](=O)[O-])o1. The first kappa shape index (κ1) is 17.1. The maximum Gasteiger partial charge on any atom is 0.293 e. The lowest BCUT2D eigenvalue weighted by molar-refractivity contribution is -0.384. The molecule has 0 saturated heterocycles. The normalized spacial score (nSPS) is 13.2. The van der Waals surface area contributed by atoms with E-state index in [1.54, 1.807) is 18.2 Å². The van der Waals surface area contributed by atoms with Crippen LogP contribution in [0.25, 0.3) is 11.3 Å². The Morgan fingerprint density at radius 3 is 2.84 bits per heavy atom. The lowest BCUT2D eigenvalue weighted by atomic mass is 10.1. The molecule has 25 heavy (non-hydrogen) atoms. The molecule has 2 N–H and O–H groups in total. The number of amidine groups is 1. The van der Waals surface area contributed by atoms with Crippen LogP contribution in [0.3, 0.4) is 0 Å². The molecular formula is C15H12N4O4S2. The fraction of sp³-hybridized carbons (Fsp3) is 0.133. The van der Waals surface area contributed by atoms with Crippen LogP contribution in [0, 0.1) is 10.1 Å². The van der Waals surface area contributed by atoms with Crippen LogP contribution >= 0.6 is 24.0 Å². The predicted molar refractivity (Wildman–Crippen MR) is 98.8 cm³/mol. The third-order valence-electron chi connectivity index (χ3n) is 3.23. The Morgan fingerprint density at radius 1 is 1.32 bits per heavy atom.